The molecule has 4 aromatic rings. The second-order valence-electron chi connectivity index (χ2n) is 9.37. The lowest BCUT2D eigenvalue weighted by Gasteiger charge is -2.27. The predicted molar refractivity (Wildman–Crippen MR) is 162 cm³/mol. The monoisotopic (exact) mass is 531 g/mol. The Hall–Kier alpha value is -4.90. The van der Waals surface area contributed by atoms with Crippen molar-refractivity contribution in [3.8, 4) is 22.6 Å². The summed E-state index contributed by atoms with van der Waals surface area (Å²) in [4.78, 5) is 25.3. The number of nitrogens with zero attached hydrogens (tertiary/aromatic N) is 1. The van der Waals surface area contributed by atoms with Gasteiger partial charge in [-0.1, -0.05) is 56.8 Å². The molecule has 0 atom stereocenters. The molecule has 0 aliphatic carbocycles. The highest BCUT2D eigenvalue weighted by atomic mass is 16.5. The summed E-state index contributed by atoms with van der Waals surface area (Å²) in [6.07, 6.45) is 5.58. The van der Waals surface area contributed by atoms with Crippen LogP contribution in [-0.2, 0) is 16.0 Å². The van der Waals surface area contributed by atoms with Crippen LogP contribution in [0.1, 0.15) is 30.9 Å². The fourth-order valence-corrected chi connectivity index (χ4v) is 4.38. The van der Waals surface area contributed by atoms with Crippen molar-refractivity contribution < 1.29 is 19.1 Å². The standard InChI is InChI=1S/C35H33NO4/c1-5-8-9-28-24-31(15-10-25(28)4)36(30-18-22-33(23-19-30)40-35(38)7-3)29-16-11-26(12-17-29)27-13-20-32(21-14-27)39-34(37)6-2/h6-7,10-24H,2-3,5,8-9H2,1,4H3. The molecule has 0 amide bonds. The Labute approximate surface area is 236 Å². The number of esters is 2. The first-order chi connectivity index (χ1) is 19.4. The molecule has 202 valence electrons. The molecule has 0 N–H and O–H groups in total. The number of carbonyl (C=O) groups is 2. The van der Waals surface area contributed by atoms with Crippen molar-refractivity contribution >= 4 is 29.0 Å². The first-order valence-electron chi connectivity index (χ1n) is 13.3. The van der Waals surface area contributed by atoms with Gasteiger partial charge in [0.05, 0.1) is 0 Å². The summed E-state index contributed by atoms with van der Waals surface area (Å²) in [6.45, 7) is 11.2. The maximum absolute atomic E-state index is 11.7. The zero-order chi connectivity index (χ0) is 28.5. The first-order valence-corrected chi connectivity index (χ1v) is 13.3. The van der Waals surface area contributed by atoms with Crippen molar-refractivity contribution in [3.05, 3.63) is 127 Å². The average molecular weight is 532 g/mol. The van der Waals surface area contributed by atoms with E-state index in [-0.39, 0.29) is 0 Å². The van der Waals surface area contributed by atoms with Gasteiger partial charge in [-0.05, 0) is 103 Å². The van der Waals surface area contributed by atoms with Crippen molar-refractivity contribution in [3.63, 3.8) is 0 Å². The van der Waals surface area contributed by atoms with E-state index in [0.29, 0.717) is 11.5 Å². The van der Waals surface area contributed by atoms with Gasteiger partial charge < -0.3 is 14.4 Å². The predicted octanol–water partition coefficient (Wildman–Crippen LogP) is 8.66. The fourth-order valence-electron chi connectivity index (χ4n) is 4.38. The number of aryl methyl sites for hydroxylation is 2. The Kier molecular flexibility index (Phi) is 9.31. The van der Waals surface area contributed by atoms with Crippen LogP contribution in [0.3, 0.4) is 0 Å². The normalized spacial score (nSPS) is 10.4. The minimum Gasteiger partial charge on any atom is -0.423 e. The molecule has 5 nitrogen and oxygen atoms in total. The van der Waals surface area contributed by atoms with Gasteiger partial charge in [-0.15, -0.1) is 0 Å². The van der Waals surface area contributed by atoms with Gasteiger partial charge in [0.2, 0.25) is 0 Å². The van der Waals surface area contributed by atoms with Crippen molar-refractivity contribution in [1.82, 2.24) is 0 Å². The van der Waals surface area contributed by atoms with Crippen LogP contribution in [0.4, 0.5) is 17.1 Å². The van der Waals surface area contributed by atoms with Crippen molar-refractivity contribution in [2.24, 2.45) is 0 Å². The quantitative estimate of drug-likeness (QED) is 0.110. The Morgan fingerprint density at radius 2 is 1.15 bits per heavy atom. The van der Waals surface area contributed by atoms with E-state index in [1.807, 2.05) is 24.3 Å². The first kappa shape index (κ1) is 28.1. The third-order valence-corrected chi connectivity index (χ3v) is 6.57. The molecule has 4 rings (SSSR count). The minimum absolute atomic E-state index is 0.457. The molecular formula is C35H33NO4. The summed E-state index contributed by atoms with van der Waals surface area (Å²) in [5, 5.41) is 0. The number of ether oxygens (including phenoxy) is 2. The van der Waals surface area contributed by atoms with E-state index >= 15 is 0 Å². The fraction of sp³-hybridized carbons (Fsp3) is 0.143. The molecule has 0 fully saturated rings. The molecule has 0 spiro atoms. The van der Waals surface area contributed by atoms with Gasteiger partial charge in [-0.3, -0.25) is 0 Å². The van der Waals surface area contributed by atoms with Crippen LogP contribution in [0.15, 0.2) is 116 Å². The minimum atomic E-state index is -0.494. The van der Waals surface area contributed by atoms with E-state index in [1.54, 1.807) is 24.3 Å². The molecule has 5 heteroatoms. The number of unbranched alkanes of at least 4 members (excludes halogenated alkanes) is 1. The molecule has 0 aliphatic heterocycles. The molecule has 0 heterocycles. The Bertz CT molecular complexity index is 1490. The molecule has 0 saturated carbocycles. The lowest BCUT2D eigenvalue weighted by molar-refractivity contribution is -0.129. The third kappa shape index (κ3) is 6.94. The summed E-state index contributed by atoms with van der Waals surface area (Å²) < 4.78 is 10.5. The van der Waals surface area contributed by atoms with Gasteiger partial charge in [0, 0.05) is 29.2 Å². The van der Waals surface area contributed by atoms with Gasteiger partial charge in [0.25, 0.3) is 0 Å². The Balaban J connectivity index is 1.68. The van der Waals surface area contributed by atoms with Crippen LogP contribution >= 0.6 is 0 Å². The summed E-state index contributed by atoms with van der Waals surface area (Å²) >= 11 is 0. The summed E-state index contributed by atoms with van der Waals surface area (Å²) in [5.41, 5.74) is 7.61. The largest absolute Gasteiger partial charge is 0.423 e. The van der Waals surface area contributed by atoms with Crippen LogP contribution in [0, 0.1) is 6.92 Å². The number of hydrogen-bond donors (Lipinski definition) is 0. The Morgan fingerprint density at radius 1 is 0.700 bits per heavy atom. The van der Waals surface area contributed by atoms with Crippen LogP contribution in [0.2, 0.25) is 0 Å². The summed E-state index contributed by atoms with van der Waals surface area (Å²) in [5.74, 6) is -0.0557. The zero-order valence-corrected chi connectivity index (χ0v) is 22.9. The number of hydrogen-bond acceptors (Lipinski definition) is 5. The number of rotatable bonds is 11. The van der Waals surface area contributed by atoms with Gasteiger partial charge >= 0.3 is 11.9 Å². The molecule has 40 heavy (non-hydrogen) atoms. The summed E-state index contributed by atoms with van der Waals surface area (Å²) in [7, 11) is 0. The van der Waals surface area contributed by atoms with Gasteiger partial charge in [0.1, 0.15) is 11.5 Å². The molecule has 0 bridgehead atoms. The van der Waals surface area contributed by atoms with Gasteiger partial charge in [0.15, 0.2) is 0 Å². The highest BCUT2D eigenvalue weighted by molar-refractivity contribution is 5.84. The van der Waals surface area contributed by atoms with Crippen LogP contribution in [0.25, 0.3) is 11.1 Å². The molecule has 0 saturated heterocycles. The van der Waals surface area contributed by atoms with Gasteiger partial charge in [-0.25, -0.2) is 9.59 Å². The molecule has 0 aliphatic rings. The maximum atomic E-state index is 11.7. The van der Waals surface area contributed by atoms with Crippen LogP contribution in [0.5, 0.6) is 11.5 Å². The zero-order valence-electron chi connectivity index (χ0n) is 22.9. The van der Waals surface area contributed by atoms with E-state index in [2.05, 4.69) is 74.4 Å². The molecule has 4 aromatic carbocycles. The average Bonchev–Trinajstić information content (AvgIpc) is 2.99. The molecule has 0 aromatic heterocycles. The smallest absolute Gasteiger partial charge is 0.335 e. The third-order valence-electron chi connectivity index (χ3n) is 6.57. The summed E-state index contributed by atoms with van der Waals surface area (Å²) in [6, 6.07) is 29.7. The second kappa shape index (κ2) is 13.3. The highest BCUT2D eigenvalue weighted by Crippen LogP contribution is 2.37. The van der Waals surface area contributed by atoms with E-state index in [4.69, 9.17) is 9.47 Å². The number of anilines is 3. The second-order valence-corrected chi connectivity index (χ2v) is 9.37. The van der Waals surface area contributed by atoms with E-state index < -0.39 is 11.9 Å². The SMILES string of the molecule is C=CC(=O)Oc1ccc(-c2ccc(N(c3ccc(OC(=O)C=C)cc3)c3ccc(C)c(CCCC)c3)cc2)cc1. The lowest BCUT2D eigenvalue weighted by atomic mass is 10.0. The van der Waals surface area contributed by atoms with Crippen molar-refractivity contribution in [1.29, 1.82) is 0 Å². The highest BCUT2D eigenvalue weighted by Gasteiger charge is 2.15. The van der Waals surface area contributed by atoms with E-state index in [9.17, 15) is 9.59 Å². The Morgan fingerprint density at radius 3 is 1.65 bits per heavy atom. The lowest BCUT2D eigenvalue weighted by Crippen LogP contribution is -2.11. The van der Waals surface area contributed by atoms with E-state index in [0.717, 1.165) is 59.6 Å². The van der Waals surface area contributed by atoms with Crippen LogP contribution in [-0.4, -0.2) is 11.9 Å². The van der Waals surface area contributed by atoms with Crippen LogP contribution < -0.4 is 14.4 Å². The molecular weight excluding hydrogens is 498 g/mol. The maximum Gasteiger partial charge on any atom is 0.335 e. The van der Waals surface area contributed by atoms with Crippen molar-refractivity contribution in [2.45, 2.75) is 33.1 Å². The van der Waals surface area contributed by atoms with Gasteiger partial charge in [-0.2, -0.15) is 0 Å². The van der Waals surface area contributed by atoms with E-state index in [1.165, 1.54) is 11.1 Å². The van der Waals surface area contributed by atoms with Crippen molar-refractivity contribution in [2.75, 3.05) is 4.90 Å². The topological polar surface area (TPSA) is 55.8 Å². The molecule has 0 radical (unpaired) electrons. The number of benzene rings is 4. The molecule has 0 unspecified atom stereocenters. The number of carbonyl (C=O) groups excluding carboxylic acids is 2.